The molecule has 0 aromatic heterocycles. The molecule has 0 heterocycles. The molecule has 0 spiro atoms. The molecule has 0 radical (unpaired) electrons. The Morgan fingerprint density at radius 1 is 1.29 bits per heavy atom. The predicted octanol–water partition coefficient (Wildman–Crippen LogP) is 3.67. The summed E-state index contributed by atoms with van der Waals surface area (Å²) in [6, 6.07) is 9.50. The molecule has 0 saturated carbocycles. The molecule has 1 amide bonds. The molecule has 0 bridgehead atoms. The van der Waals surface area contributed by atoms with Crippen LogP contribution in [0.3, 0.4) is 0 Å². The highest BCUT2D eigenvalue weighted by Gasteiger charge is 2.15. The Bertz CT molecular complexity index is 777. The van der Waals surface area contributed by atoms with Gasteiger partial charge >= 0.3 is 0 Å². The van der Waals surface area contributed by atoms with Gasteiger partial charge in [0.2, 0.25) is 0 Å². The van der Waals surface area contributed by atoms with Crippen molar-refractivity contribution in [2.75, 3.05) is 13.2 Å². The van der Waals surface area contributed by atoms with Crippen LogP contribution >= 0.6 is 11.6 Å². The molecule has 6 nitrogen and oxygen atoms in total. The minimum Gasteiger partial charge on any atom is -0.491 e. The number of aryl methyl sites for hydroxylation is 1. The first-order valence-corrected chi connectivity index (χ1v) is 7.69. The number of hydrogen-bond donors (Lipinski definition) is 1. The van der Waals surface area contributed by atoms with Crippen LogP contribution in [0.2, 0.25) is 5.02 Å². The first-order chi connectivity index (χ1) is 11.4. The maximum atomic E-state index is 12.1. The van der Waals surface area contributed by atoms with E-state index in [0.29, 0.717) is 0 Å². The third-order valence-corrected chi connectivity index (χ3v) is 3.94. The summed E-state index contributed by atoms with van der Waals surface area (Å²) in [7, 11) is 0. The van der Waals surface area contributed by atoms with E-state index in [1.54, 1.807) is 0 Å². The number of nitrogens with one attached hydrogen (secondary N) is 1. The van der Waals surface area contributed by atoms with Crippen molar-refractivity contribution in [1.82, 2.24) is 5.32 Å². The number of nitro benzene ring substituents is 1. The Labute approximate surface area is 144 Å². The van der Waals surface area contributed by atoms with Gasteiger partial charge < -0.3 is 10.1 Å². The zero-order valence-electron chi connectivity index (χ0n) is 13.3. The van der Waals surface area contributed by atoms with E-state index in [-0.39, 0.29) is 29.4 Å². The molecule has 7 heteroatoms. The molecule has 0 unspecified atom stereocenters. The van der Waals surface area contributed by atoms with Crippen LogP contribution < -0.4 is 10.1 Å². The summed E-state index contributed by atoms with van der Waals surface area (Å²) in [6.07, 6.45) is 0. The first kappa shape index (κ1) is 17.7. The van der Waals surface area contributed by atoms with Crippen LogP contribution in [0.5, 0.6) is 5.75 Å². The van der Waals surface area contributed by atoms with E-state index in [1.807, 2.05) is 32.0 Å². The Morgan fingerprint density at radius 2 is 2.04 bits per heavy atom. The second-order valence-corrected chi connectivity index (χ2v) is 5.63. The molecule has 126 valence electrons. The predicted molar refractivity (Wildman–Crippen MR) is 91.9 cm³/mol. The van der Waals surface area contributed by atoms with Crippen molar-refractivity contribution >= 4 is 23.2 Å². The monoisotopic (exact) mass is 348 g/mol. The Balaban J connectivity index is 1.93. The number of carbonyl (C=O) groups excluding carboxylic acids is 1. The first-order valence-electron chi connectivity index (χ1n) is 7.31. The van der Waals surface area contributed by atoms with E-state index < -0.39 is 10.8 Å². The molecule has 0 saturated heterocycles. The molecule has 0 aliphatic rings. The number of non-ortho nitro benzene ring substituents is 1. The number of carbonyl (C=O) groups is 1. The smallest absolute Gasteiger partial charge is 0.270 e. The van der Waals surface area contributed by atoms with Crippen molar-refractivity contribution < 1.29 is 14.5 Å². The van der Waals surface area contributed by atoms with Gasteiger partial charge in [0.1, 0.15) is 12.4 Å². The summed E-state index contributed by atoms with van der Waals surface area (Å²) in [5.74, 6) is 0.283. The van der Waals surface area contributed by atoms with Gasteiger partial charge in [-0.25, -0.2) is 0 Å². The minimum absolute atomic E-state index is 0.0672. The lowest BCUT2D eigenvalue weighted by Crippen LogP contribution is -2.28. The van der Waals surface area contributed by atoms with Crippen molar-refractivity contribution in [2.45, 2.75) is 13.8 Å². The van der Waals surface area contributed by atoms with Gasteiger partial charge in [0, 0.05) is 12.1 Å². The number of benzene rings is 2. The van der Waals surface area contributed by atoms with Crippen molar-refractivity contribution in [3.63, 3.8) is 0 Å². The van der Waals surface area contributed by atoms with Crippen molar-refractivity contribution in [3.8, 4) is 5.75 Å². The molecule has 24 heavy (non-hydrogen) atoms. The topological polar surface area (TPSA) is 81.5 Å². The molecule has 0 fully saturated rings. The summed E-state index contributed by atoms with van der Waals surface area (Å²) in [5, 5.41) is 13.6. The normalized spacial score (nSPS) is 10.3. The van der Waals surface area contributed by atoms with Gasteiger partial charge in [-0.05, 0) is 37.1 Å². The standard InChI is InChI=1S/C17H17ClN2O4/c1-11-4-3-5-16(12(11)2)24-9-8-19-17(21)14-10-13(20(22)23)6-7-15(14)18/h3-7,10H,8-9H2,1-2H3,(H,19,21). The maximum absolute atomic E-state index is 12.1. The molecule has 2 rings (SSSR count). The summed E-state index contributed by atoms with van der Waals surface area (Å²) < 4.78 is 5.64. The van der Waals surface area contributed by atoms with Crippen LogP contribution in [0.4, 0.5) is 5.69 Å². The van der Waals surface area contributed by atoms with Gasteiger partial charge in [-0.15, -0.1) is 0 Å². The average molecular weight is 349 g/mol. The number of rotatable bonds is 6. The summed E-state index contributed by atoms with van der Waals surface area (Å²) in [5.41, 5.74) is 2.05. The zero-order valence-corrected chi connectivity index (χ0v) is 14.1. The fraction of sp³-hybridized carbons (Fsp3) is 0.235. The molecule has 1 N–H and O–H groups in total. The lowest BCUT2D eigenvalue weighted by atomic mass is 10.1. The summed E-state index contributed by atoms with van der Waals surface area (Å²) in [4.78, 5) is 22.3. The van der Waals surface area contributed by atoms with Crippen molar-refractivity contribution in [2.24, 2.45) is 0 Å². The average Bonchev–Trinajstić information content (AvgIpc) is 2.55. The largest absolute Gasteiger partial charge is 0.491 e. The molecule has 0 aliphatic heterocycles. The minimum atomic E-state index is -0.573. The SMILES string of the molecule is Cc1cccc(OCCNC(=O)c2cc([N+](=O)[O-])ccc2Cl)c1C. The third kappa shape index (κ3) is 4.23. The maximum Gasteiger partial charge on any atom is 0.270 e. The van der Waals surface area contributed by atoms with Crippen LogP contribution in [0, 0.1) is 24.0 Å². The van der Waals surface area contributed by atoms with Crippen molar-refractivity contribution in [1.29, 1.82) is 0 Å². The number of halogens is 1. The Kier molecular flexibility index (Phi) is 5.76. The van der Waals surface area contributed by atoms with Gasteiger partial charge in [0.05, 0.1) is 22.1 Å². The second-order valence-electron chi connectivity index (χ2n) is 5.22. The van der Waals surface area contributed by atoms with Gasteiger partial charge in [0.25, 0.3) is 11.6 Å². The van der Waals surface area contributed by atoms with E-state index in [9.17, 15) is 14.9 Å². The lowest BCUT2D eigenvalue weighted by Gasteiger charge is -2.11. The van der Waals surface area contributed by atoms with Crippen molar-refractivity contribution in [3.05, 3.63) is 68.2 Å². The lowest BCUT2D eigenvalue weighted by molar-refractivity contribution is -0.384. The summed E-state index contributed by atoms with van der Waals surface area (Å²) >= 11 is 5.93. The molecular weight excluding hydrogens is 332 g/mol. The Morgan fingerprint density at radius 3 is 2.75 bits per heavy atom. The molecule has 0 atom stereocenters. The quantitative estimate of drug-likeness (QED) is 0.490. The van der Waals surface area contributed by atoms with E-state index in [4.69, 9.17) is 16.3 Å². The fourth-order valence-electron chi connectivity index (χ4n) is 2.10. The second kappa shape index (κ2) is 7.79. The highest BCUT2D eigenvalue weighted by molar-refractivity contribution is 6.33. The molecule has 2 aromatic rings. The van der Waals surface area contributed by atoms with Gasteiger partial charge in [0.15, 0.2) is 0 Å². The van der Waals surface area contributed by atoms with E-state index >= 15 is 0 Å². The van der Waals surface area contributed by atoms with Gasteiger partial charge in [-0.3, -0.25) is 14.9 Å². The van der Waals surface area contributed by atoms with E-state index in [1.165, 1.54) is 12.1 Å². The number of amides is 1. The number of nitrogens with zero attached hydrogens (tertiary/aromatic N) is 1. The highest BCUT2D eigenvalue weighted by atomic mass is 35.5. The van der Waals surface area contributed by atoms with Crippen LogP contribution in [0.15, 0.2) is 36.4 Å². The number of ether oxygens (including phenoxy) is 1. The van der Waals surface area contributed by atoms with Gasteiger partial charge in [-0.1, -0.05) is 23.7 Å². The Hall–Kier alpha value is -2.60. The third-order valence-electron chi connectivity index (χ3n) is 3.61. The van der Waals surface area contributed by atoms with E-state index in [2.05, 4.69) is 5.32 Å². The van der Waals surface area contributed by atoms with Crippen LogP contribution in [-0.4, -0.2) is 24.0 Å². The number of hydrogen-bond acceptors (Lipinski definition) is 4. The molecular formula is C17H17ClN2O4. The van der Waals surface area contributed by atoms with E-state index in [0.717, 1.165) is 22.9 Å². The molecule has 2 aromatic carbocycles. The highest BCUT2D eigenvalue weighted by Crippen LogP contribution is 2.22. The molecule has 0 aliphatic carbocycles. The number of nitro groups is 1. The zero-order chi connectivity index (χ0) is 17.7. The fourth-order valence-corrected chi connectivity index (χ4v) is 2.31. The van der Waals surface area contributed by atoms with Crippen LogP contribution in [0.25, 0.3) is 0 Å². The van der Waals surface area contributed by atoms with Crippen LogP contribution in [0.1, 0.15) is 21.5 Å². The van der Waals surface area contributed by atoms with Gasteiger partial charge in [-0.2, -0.15) is 0 Å². The van der Waals surface area contributed by atoms with Crippen LogP contribution in [-0.2, 0) is 0 Å². The summed E-state index contributed by atoms with van der Waals surface area (Å²) in [6.45, 7) is 4.49.